The molecule has 0 bridgehead atoms. The van der Waals surface area contributed by atoms with Crippen LogP contribution in [0, 0.1) is 5.92 Å². The van der Waals surface area contributed by atoms with E-state index in [2.05, 4.69) is 22.2 Å². The summed E-state index contributed by atoms with van der Waals surface area (Å²) in [7, 11) is 2.15. The molecule has 1 unspecified atom stereocenters. The van der Waals surface area contributed by atoms with Gasteiger partial charge in [-0.2, -0.15) is 10.2 Å². The third-order valence-electron chi connectivity index (χ3n) is 2.30. The van der Waals surface area contributed by atoms with E-state index in [0.29, 0.717) is 12.6 Å². The Balaban J connectivity index is 1.99. The lowest BCUT2D eigenvalue weighted by Crippen LogP contribution is -2.16. The van der Waals surface area contributed by atoms with E-state index in [0.717, 1.165) is 13.2 Å². The largest absolute Gasteiger partial charge is 0.357 e. The molecule has 0 aromatic heterocycles. The Bertz CT molecular complexity index is 182. The molecule has 1 saturated heterocycles. The van der Waals surface area contributed by atoms with Crippen LogP contribution < -0.4 is 0 Å². The first-order valence-corrected chi connectivity index (χ1v) is 5.31. The quantitative estimate of drug-likeness (QED) is 0.500. The van der Waals surface area contributed by atoms with Crippen LogP contribution in [-0.4, -0.2) is 44.4 Å². The number of rotatable bonds is 5. The lowest BCUT2D eigenvalue weighted by molar-refractivity contribution is 0.104. The Kier molecular flexibility index (Phi) is 5.04. The molecule has 0 spiro atoms. The van der Waals surface area contributed by atoms with Crippen molar-refractivity contribution in [1.29, 1.82) is 0 Å². The van der Waals surface area contributed by atoms with Gasteiger partial charge in [0.2, 0.25) is 0 Å². The van der Waals surface area contributed by atoms with Gasteiger partial charge in [0, 0.05) is 6.54 Å². The van der Waals surface area contributed by atoms with Gasteiger partial charge in [0.05, 0.1) is 12.6 Å². The fourth-order valence-corrected chi connectivity index (χ4v) is 1.62. The highest BCUT2D eigenvalue weighted by Crippen LogP contribution is 2.14. The van der Waals surface area contributed by atoms with Gasteiger partial charge in [-0.15, -0.1) is 0 Å². The average molecular weight is 199 g/mol. The standard InChI is InChI=1S/C10H21N3O/c1-9(2)12-11-8-14-7-10-4-5-13(3)6-10/h9-10H,4-8H2,1-3H3. The zero-order chi connectivity index (χ0) is 10.4. The summed E-state index contributed by atoms with van der Waals surface area (Å²) in [4.78, 5) is 2.34. The third-order valence-corrected chi connectivity index (χ3v) is 2.30. The van der Waals surface area contributed by atoms with Crippen LogP contribution in [0.3, 0.4) is 0 Å². The Morgan fingerprint density at radius 1 is 1.50 bits per heavy atom. The summed E-state index contributed by atoms with van der Waals surface area (Å²) in [6, 6.07) is 0.274. The molecule has 0 aromatic rings. The van der Waals surface area contributed by atoms with E-state index >= 15 is 0 Å². The first-order chi connectivity index (χ1) is 6.68. The highest BCUT2D eigenvalue weighted by atomic mass is 16.5. The van der Waals surface area contributed by atoms with Gasteiger partial charge < -0.3 is 9.64 Å². The summed E-state index contributed by atoms with van der Waals surface area (Å²) in [5.41, 5.74) is 0. The summed E-state index contributed by atoms with van der Waals surface area (Å²) < 4.78 is 5.43. The molecule has 1 aliphatic rings. The third kappa shape index (κ3) is 4.67. The van der Waals surface area contributed by atoms with E-state index in [-0.39, 0.29) is 6.04 Å². The Labute approximate surface area is 86.3 Å². The van der Waals surface area contributed by atoms with Crippen LogP contribution in [0.5, 0.6) is 0 Å². The molecule has 4 heteroatoms. The van der Waals surface area contributed by atoms with Crippen molar-refractivity contribution in [2.24, 2.45) is 16.1 Å². The van der Waals surface area contributed by atoms with Crippen LogP contribution in [-0.2, 0) is 4.74 Å². The summed E-state index contributed by atoms with van der Waals surface area (Å²) in [5, 5.41) is 7.93. The first-order valence-electron chi connectivity index (χ1n) is 5.31. The van der Waals surface area contributed by atoms with Crippen LogP contribution in [0.1, 0.15) is 20.3 Å². The number of likely N-dealkylation sites (tertiary alicyclic amines) is 1. The summed E-state index contributed by atoms with van der Waals surface area (Å²) in [6.45, 7) is 7.60. The Morgan fingerprint density at radius 3 is 2.86 bits per heavy atom. The number of nitrogens with zero attached hydrogens (tertiary/aromatic N) is 3. The van der Waals surface area contributed by atoms with Crippen molar-refractivity contribution in [3.8, 4) is 0 Å². The maximum Gasteiger partial charge on any atom is 0.158 e. The van der Waals surface area contributed by atoms with Crippen LogP contribution in [0.25, 0.3) is 0 Å². The van der Waals surface area contributed by atoms with Gasteiger partial charge >= 0.3 is 0 Å². The SMILES string of the molecule is CC(C)N=NCOCC1CCN(C)C1. The van der Waals surface area contributed by atoms with Gasteiger partial charge in [-0.3, -0.25) is 0 Å². The predicted molar refractivity (Wildman–Crippen MR) is 56.4 cm³/mol. The Hall–Kier alpha value is -0.480. The van der Waals surface area contributed by atoms with Gasteiger partial charge in [-0.05, 0) is 39.8 Å². The molecular formula is C10H21N3O. The monoisotopic (exact) mass is 199 g/mol. The van der Waals surface area contributed by atoms with Gasteiger partial charge in [-0.1, -0.05) is 0 Å². The maximum atomic E-state index is 5.43. The minimum absolute atomic E-state index is 0.274. The molecule has 0 amide bonds. The summed E-state index contributed by atoms with van der Waals surface area (Å²) in [6.07, 6.45) is 1.25. The molecular weight excluding hydrogens is 178 g/mol. The van der Waals surface area contributed by atoms with Gasteiger partial charge in [0.15, 0.2) is 6.73 Å². The molecule has 0 radical (unpaired) electrons. The lowest BCUT2D eigenvalue weighted by atomic mass is 10.1. The number of azo groups is 1. The number of hydrogen-bond donors (Lipinski definition) is 0. The molecule has 1 heterocycles. The zero-order valence-electron chi connectivity index (χ0n) is 9.44. The van der Waals surface area contributed by atoms with Crippen molar-refractivity contribution >= 4 is 0 Å². The molecule has 1 atom stereocenters. The van der Waals surface area contributed by atoms with Crippen LogP contribution in [0.4, 0.5) is 0 Å². The second kappa shape index (κ2) is 6.09. The van der Waals surface area contributed by atoms with Crippen molar-refractivity contribution in [3.05, 3.63) is 0 Å². The van der Waals surface area contributed by atoms with Gasteiger partial charge in [-0.25, -0.2) is 0 Å². The molecule has 0 aromatic carbocycles. The number of ether oxygens (including phenoxy) is 1. The van der Waals surface area contributed by atoms with Crippen LogP contribution >= 0.6 is 0 Å². The van der Waals surface area contributed by atoms with E-state index < -0.39 is 0 Å². The van der Waals surface area contributed by atoms with Gasteiger partial charge in [0.25, 0.3) is 0 Å². The molecule has 0 N–H and O–H groups in total. The topological polar surface area (TPSA) is 37.2 Å². The average Bonchev–Trinajstić information content (AvgIpc) is 2.50. The van der Waals surface area contributed by atoms with E-state index in [1.165, 1.54) is 13.0 Å². The van der Waals surface area contributed by atoms with E-state index in [1.54, 1.807) is 0 Å². The minimum Gasteiger partial charge on any atom is -0.357 e. The van der Waals surface area contributed by atoms with Crippen LogP contribution in [0.2, 0.25) is 0 Å². The van der Waals surface area contributed by atoms with Crippen molar-refractivity contribution in [2.45, 2.75) is 26.3 Å². The highest BCUT2D eigenvalue weighted by Gasteiger charge is 2.18. The van der Waals surface area contributed by atoms with Crippen molar-refractivity contribution in [1.82, 2.24) is 4.90 Å². The normalized spacial score (nSPS) is 24.1. The van der Waals surface area contributed by atoms with Gasteiger partial charge in [0.1, 0.15) is 0 Å². The molecule has 14 heavy (non-hydrogen) atoms. The fourth-order valence-electron chi connectivity index (χ4n) is 1.62. The second-order valence-corrected chi connectivity index (χ2v) is 4.27. The zero-order valence-corrected chi connectivity index (χ0v) is 9.44. The van der Waals surface area contributed by atoms with Crippen molar-refractivity contribution < 1.29 is 4.74 Å². The molecule has 1 rings (SSSR count). The maximum absolute atomic E-state index is 5.43. The molecule has 4 nitrogen and oxygen atoms in total. The molecule has 0 aliphatic carbocycles. The number of hydrogen-bond acceptors (Lipinski definition) is 4. The lowest BCUT2D eigenvalue weighted by Gasteiger charge is -2.09. The predicted octanol–water partition coefficient (Wildman–Crippen LogP) is 1.77. The van der Waals surface area contributed by atoms with E-state index in [9.17, 15) is 0 Å². The van der Waals surface area contributed by atoms with Crippen molar-refractivity contribution in [3.63, 3.8) is 0 Å². The molecule has 1 aliphatic heterocycles. The van der Waals surface area contributed by atoms with Crippen molar-refractivity contribution in [2.75, 3.05) is 33.5 Å². The highest BCUT2D eigenvalue weighted by molar-refractivity contribution is 4.71. The van der Waals surface area contributed by atoms with E-state index in [4.69, 9.17) is 4.74 Å². The molecule has 0 saturated carbocycles. The Morgan fingerprint density at radius 2 is 2.29 bits per heavy atom. The second-order valence-electron chi connectivity index (χ2n) is 4.27. The molecule has 1 fully saturated rings. The smallest absolute Gasteiger partial charge is 0.158 e. The molecule has 82 valence electrons. The first kappa shape index (κ1) is 11.6. The fraction of sp³-hybridized carbons (Fsp3) is 1.00. The summed E-state index contributed by atoms with van der Waals surface area (Å²) >= 11 is 0. The summed E-state index contributed by atoms with van der Waals surface area (Å²) in [5.74, 6) is 0.689. The minimum atomic E-state index is 0.274. The van der Waals surface area contributed by atoms with Crippen LogP contribution in [0.15, 0.2) is 10.2 Å². The van der Waals surface area contributed by atoms with E-state index in [1.807, 2.05) is 13.8 Å².